The summed E-state index contributed by atoms with van der Waals surface area (Å²) in [7, 11) is 0. The number of anilines is 1. The number of Topliss-reactive ketones (excluding diaryl/α,β-unsaturated/α-hetero) is 1. The number of amides is 1. The second-order valence-electron chi connectivity index (χ2n) is 6.23. The molecule has 3 heterocycles. The Labute approximate surface area is 164 Å². The minimum absolute atomic E-state index is 0.201. The molecule has 0 saturated carbocycles. The van der Waals surface area contributed by atoms with Gasteiger partial charge in [0.2, 0.25) is 5.71 Å². The first-order chi connectivity index (χ1) is 13.5. The second kappa shape index (κ2) is 7.13. The van der Waals surface area contributed by atoms with Crippen LogP contribution >= 0.6 is 11.5 Å². The lowest BCUT2D eigenvalue weighted by Crippen LogP contribution is -2.22. The fraction of sp³-hybridized carbons (Fsp3) is 0.100. The molecule has 0 radical (unpaired) electrons. The van der Waals surface area contributed by atoms with E-state index in [-0.39, 0.29) is 5.56 Å². The normalized spacial score (nSPS) is 10.7. The Bertz CT molecular complexity index is 1220. The topological polar surface area (TPSA) is 100 Å². The van der Waals surface area contributed by atoms with E-state index in [2.05, 4.69) is 15.8 Å². The fourth-order valence-electron chi connectivity index (χ4n) is 2.92. The van der Waals surface area contributed by atoms with Gasteiger partial charge >= 0.3 is 0 Å². The van der Waals surface area contributed by atoms with Crippen LogP contribution in [-0.2, 0) is 11.2 Å². The van der Waals surface area contributed by atoms with Gasteiger partial charge in [-0.15, -0.1) is 0 Å². The second-order valence-corrected chi connectivity index (χ2v) is 7.03. The van der Waals surface area contributed by atoms with Gasteiger partial charge in [-0.1, -0.05) is 12.1 Å². The molecule has 0 aliphatic heterocycles. The Hall–Kier alpha value is -3.70. The molecule has 28 heavy (non-hydrogen) atoms. The van der Waals surface area contributed by atoms with E-state index >= 15 is 0 Å². The molecule has 4 rings (SSSR count). The summed E-state index contributed by atoms with van der Waals surface area (Å²) < 4.78 is 11.3. The SMILES string of the molecule is Cc1cc(NC(=O)C(=O)c2cc(Cc3ccc(C#N)cc3)n3ccoc23)sn1. The number of ketones is 1. The average molecular weight is 390 g/mol. The van der Waals surface area contributed by atoms with E-state index in [1.165, 1.54) is 6.26 Å². The quantitative estimate of drug-likeness (QED) is 0.415. The molecular formula is C20H14N4O3S. The molecule has 7 nitrogen and oxygen atoms in total. The van der Waals surface area contributed by atoms with Gasteiger partial charge < -0.3 is 9.73 Å². The lowest BCUT2D eigenvalue weighted by Gasteiger charge is -2.00. The maximum atomic E-state index is 12.7. The third-order valence-electron chi connectivity index (χ3n) is 4.24. The highest BCUT2D eigenvalue weighted by atomic mass is 32.1. The molecule has 0 saturated heterocycles. The van der Waals surface area contributed by atoms with Crippen LogP contribution in [0.4, 0.5) is 5.00 Å². The first kappa shape index (κ1) is 17.7. The van der Waals surface area contributed by atoms with Gasteiger partial charge in [0.1, 0.15) is 11.3 Å². The number of aromatic nitrogens is 2. The molecule has 4 aromatic rings. The summed E-state index contributed by atoms with van der Waals surface area (Å²) in [5.74, 6) is -1.41. The number of benzene rings is 1. The van der Waals surface area contributed by atoms with Crippen molar-refractivity contribution in [2.45, 2.75) is 13.3 Å². The molecule has 0 aliphatic rings. The highest BCUT2D eigenvalue weighted by Gasteiger charge is 2.24. The van der Waals surface area contributed by atoms with E-state index in [0.29, 0.717) is 22.7 Å². The zero-order valence-electron chi connectivity index (χ0n) is 14.8. The van der Waals surface area contributed by atoms with Crippen LogP contribution in [0.25, 0.3) is 5.71 Å². The maximum absolute atomic E-state index is 12.7. The Morgan fingerprint density at radius 1 is 1.29 bits per heavy atom. The maximum Gasteiger partial charge on any atom is 0.297 e. The molecule has 138 valence electrons. The van der Waals surface area contributed by atoms with Crippen molar-refractivity contribution in [2.75, 3.05) is 5.32 Å². The summed E-state index contributed by atoms with van der Waals surface area (Å²) in [6.45, 7) is 1.81. The van der Waals surface area contributed by atoms with Gasteiger partial charge in [-0.2, -0.15) is 9.64 Å². The standard InChI is InChI=1S/C20H14N4O3S/c1-12-8-17(28-23-12)22-19(26)18(25)16-10-15(24-6-7-27-20(16)24)9-13-2-4-14(11-21)5-3-13/h2-8,10H,9H2,1H3,(H,22,26). The number of nitriles is 1. The summed E-state index contributed by atoms with van der Waals surface area (Å²) in [5, 5.41) is 12.0. The van der Waals surface area contributed by atoms with Crippen molar-refractivity contribution in [3.05, 3.63) is 76.9 Å². The smallest absolute Gasteiger partial charge is 0.297 e. The van der Waals surface area contributed by atoms with Crippen LogP contribution in [0, 0.1) is 18.3 Å². The molecule has 0 fully saturated rings. The highest BCUT2D eigenvalue weighted by molar-refractivity contribution is 7.10. The predicted molar refractivity (Wildman–Crippen MR) is 103 cm³/mol. The molecule has 1 amide bonds. The van der Waals surface area contributed by atoms with Crippen LogP contribution < -0.4 is 5.32 Å². The number of nitrogens with one attached hydrogen (secondary N) is 1. The molecule has 0 aliphatic carbocycles. The van der Waals surface area contributed by atoms with Gasteiger partial charge in [0, 0.05) is 18.3 Å². The molecule has 1 aromatic carbocycles. The molecule has 0 spiro atoms. The molecule has 3 aromatic heterocycles. The zero-order valence-corrected chi connectivity index (χ0v) is 15.6. The largest absolute Gasteiger partial charge is 0.446 e. The van der Waals surface area contributed by atoms with E-state index in [4.69, 9.17) is 9.68 Å². The number of rotatable bonds is 5. The van der Waals surface area contributed by atoms with Crippen molar-refractivity contribution in [1.82, 2.24) is 8.77 Å². The Kier molecular flexibility index (Phi) is 4.51. The number of fused-ring (bicyclic) bond motifs is 1. The van der Waals surface area contributed by atoms with Gasteiger partial charge in [-0.05, 0) is 48.3 Å². The van der Waals surface area contributed by atoms with Crippen molar-refractivity contribution in [1.29, 1.82) is 5.26 Å². The summed E-state index contributed by atoms with van der Waals surface area (Å²) in [6, 6.07) is 12.7. The van der Waals surface area contributed by atoms with Crippen LogP contribution in [0.1, 0.15) is 32.9 Å². The van der Waals surface area contributed by atoms with E-state index in [1.54, 1.807) is 34.9 Å². The number of hydrogen-bond donors (Lipinski definition) is 1. The summed E-state index contributed by atoms with van der Waals surface area (Å²) in [5.41, 5.74) is 3.66. The third-order valence-corrected chi connectivity index (χ3v) is 5.04. The van der Waals surface area contributed by atoms with Gasteiger partial charge in [0.15, 0.2) is 0 Å². The molecule has 8 heteroatoms. The lowest BCUT2D eigenvalue weighted by molar-refractivity contribution is -0.112. The number of carbonyl (C=O) groups is 2. The van der Waals surface area contributed by atoms with Gasteiger partial charge in [0.25, 0.3) is 11.7 Å². The fourth-order valence-corrected chi connectivity index (χ4v) is 3.57. The first-order valence-electron chi connectivity index (χ1n) is 8.40. The number of carbonyl (C=O) groups excluding carboxylic acids is 2. The van der Waals surface area contributed by atoms with Crippen molar-refractivity contribution in [3.8, 4) is 6.07 Å². The van der Waals surface area contributed by atoms with Crippen LogP contribution in [0.15, 0.2) is 53.3 Å². The van der Waals surface area contributed by atoms with Crippen molar-refractivity contribution in [3.63, 3.8) is 0 Å². The average Bonchev–Trinajstić information content (AvgIpc) is 3.40. The van der Waals surface area contributed by atoms with Gasteiger partial charge in [-0.25, -0.2) is 0 Å². The van der Waals surface area contributed by atoms with Gasteiger partial charge in [0.05, 0.1) is 22.9 Å². The Balaban J connectivity index is 1.61. The van der Waals surface area contributed by atoms with Crippen LogP contribution in [0.3, 0.4) is 0 Å². The van der Waals surface area contributed by atoms with E-state index in [9.17, 15) is 9.59 Å². The van der Waals surface area contributed by atoms with Gasteiger partial charge in [-0.3, -0.25) is 14.0 Å². The summed E-state index contributed by atoms with van der Waals surface area (Å²) in [6.07, 6.45) is 3.70. The molecule has 1 N–H and O–H groups in total. The molecule has 0 unspecified atom stereocenters. The van der Waals surface area contributed by atoms with Crippen molar-refractivity contribution in [2.24, 2.45) is 0 Å². The van der Waals surface area contributed by atoms with Crippen LogP contribution in [0.5, 0.6) is 0 Å². The predicted octanol–water partition coefficient (Wildman–Crippen LogP) is 3.58. The molecule has 0 bridgehead atoms. The van der Waals surface area contributed by atoms with Crippen LogP contribution in [-0.4, -0.2) is 20.5 Å². The minimum Gasteiger partial charge on any atom is -0.446 e. The monoisotopic (exact) mass is 390 g/mol. The molecular weight excluding hydrogens is 376 g/mol. The third kappa shape index (κ3) is 3.31. The van der Waals surface area contributed by atoms with Crippen molar-refractivity contribution >= 4 is 33.9 Å². The number of nitrogens with zero attached hydrogens (tertiary/aromatic N) is 3. The van der Waals surface area contributed by atoms with E-state index in [0.717, 1.165) is 28.5 Å². The Morgan fingerprint density at radius 2 is 2.07 bits per heavy atom. The summed E-state index contributed by atoms with van der Waals surface area (Å²) >= 11 is 1.12. The first-order valence-corrected chi connectivity index (χ1v) is 9.18. The van der Waals surface area contributed by atoms with Crippen LogP contribution in [0.2, 0.25) is 0 Å². The van der Waals surface area contributed by atoms with E-state index in [1.807, 2.05) is 19.1 Å². The van der Waals surface area contributed by atoms with E-state index < -0.39 is 11.7 Å². The zero-order chi connectivity index (χ0) is 19.7. The number of hydrogen-bond acceptors (Lipinski definition) is 6. The molecule has 0 atom stereocenters. The highest BCUT2D eigenvalue weighted by Crippen LogP contribution is 2.23. The Morgan fingerprint density at radius 3 is 2.75 bits per heavy atom. The summed E-state index contributed by atoms with van der Waals surface area (Å²) in [4.78, 5) is 25.0. The minimum atomic E-state index is -0.738. The lowest BCUT2D eigenvalue weighted by atomic mass is 10.1. The number of oxazole rings is 1. The number of aryl methyl sites for hydroxylation is 1. The van der Waals surface area contributed by atoms with Crippen molar-refractivity contribution < 1.29 is 14.0 Å².